The number of carbonyl (C=O) groups is 1. The lowest BCUT2D eigenvalue weighted by atomic mass is 10.2. The van der Waals surface area contributed by atoms with Crippen molar-refractivity contribution in [2.75, 3.05) is 6.61 Å². The molecule has 1 aliphatic heterocycles. The number of fused-ring (bicyclic) bond motifs is 1. The van der Waals surface area contributed by atoms with Gasteiger partial charge in [-0.2, -0.15) is 0 Å². The van der Waals surface area contributed by atoms with Crippen LogP contribution in [0.1, 0.15) is 0 Å². The summed E-state index contributed by atoms with van der Waals surface area (Å²) in [5, 5.41) is 10.9. The normalized spacial score (nSPS) is 15.8. The first kappa shape index (κ1) is 14.8. The predicted molar refractivity (Wildman–Crippen MR) is 75.0 cm³/mol. The number of ether oxygens (including phenoxy) is 3. The first-order valence-corrected chi connectivity index (χ1v) is 6.59. The Morgan fingerprint density at radius 2 is 2.00 bits per heavy atom. The van der Waals surface area contributed by atoms with Crippen LogP contribution in [0.15, 0.2) is 42.5 Å². The van der Waals surface area contributed by atoms with Crippen LogP contribution in [-0.4, -0.2) is 23.6 Å². The van der Waals surface area contributed by atoms with Gasteiger partial charge in [-0.3, -0.25) is 10.1 Å². The van der Waals surface area contributed by atoms with E-state index in [0.29, 0.717) is 11.5 Å². The standard InChI is InChI=1S/C15H10FNO6/c16-9-5-6-10(17(19)20)13(7-9)23-15(18)14-8-21-11-3-1-2-4-12(11)22-14/h1-7,14H,8H2/t14-/m0/s1. The van der Waals surface area contributed by atoms with Gasteiger partial charge in [-0.1, -0.05) is 12.1 Å². The molecule has 1 aliphatic rings. The number of nitro groups is 1. The topological polar surface area (TPSA) is 87.9 Å². The summed E-state index contributed by atoms with van der Waals surface area (Å²) in [7, 11) is 0. The molecule has 7 nitrogen and oxygen atoms in total. The van der Waals surface area contributed by atoms with Gasteiger partial charge in [0.2, 0.25) is 11.9 Å². The molecule has 0 aromatic heterocycles. The third-order valence-electron chi connectivity index (χ3n) is 3.10. The van der Waals surface area contributed by atoms with Gasteiger partial charge < -0.3 is 14.2 Å². The van der Waals surface area contributed by atoms with Crippen LogP contribution < -0.4 is 14.2 Å². The smallest absolute Gasteiger partial charge is 0.356 e. The zero-order valence-corrected chi connectivity index (χ0v) is 11.6. The number of nitrogens with zero attached hydrogens (tertiary/aromatic N) is 1. The van der Waals surface area contributed by atoms with E-state index < -0.39 is 34.3 Å². The molecule has 118 valence electrons. The quantitative estimate of drug-likeness (QED) is 0.374. The average Bonchev–Trinajstić information content (AvgIpc) is 2.54. The highest BCUT2D eigenvalue weighted by Crippen LogP contribution is 2.32. The van der Waals surface area contributed by atoms with Crippen molar-refractivity contribution in [2.24, 2.45) is 0 Å². The van der Waals surface area contributed by atoms with Gasteiger partial charge in [0.1, 0.15) is 12.4 Å². The molecule has 0 fully saturated rings. The summed E-state index contributed by atoms with van der Waals surface area (Å²) >= 11 is 0. The largest absolute Gasteiger partial charge is 0.485 e. The van der Waals surface area contributed by atoms with Crippen LogP contribution in [0, 0.1) is 15.9 Å². The molecule has 2 aromatic rings. The Hall–Kier alpha value is -3.16. The molecule has 0 saturated carbocycles. The van der Waals surface area contributed by atoms with E-state index in [1.54, 1.807) is 24.3 Å². The fourth-order valence-corrected chi connectivity index (χ4v) is 2.03. The van der Waals surface area contributed by atoms with E-state index in [0.717, 1.165) is 18.2 Å². The van der Waals surface area contributed by atoms with Gasteiger partial charge in [0.05, 0.1) is 4.92 Å². The third-order valence-corrected chi connectivity index (χ3v) is 3.10. The molecule has 0 N–H and O–H groups in total. The predicted octanol–water partition coefficient (Wildman–Crippen LogP) is 2.48. The Bertz CT molecular complexity index is 778. The number of halogens is 1. The zero-order chi connectivity index (χ0) is 16.4. The van der Waals surface area contributed by atoms with Crippen LogP contribution >= 0.6 is 0 Å². The average molecular weight is 319 g/mol. The third kappa shape index (κ3) is 3.05. The lowest BCUT2D eigenvalue weighted by molar-refractivity contribution is -0.385. The molecular weight excluding hydrogens is 309 g/mol. The van der Waals surface area contributed by atoms with Crippen molar-refractivity contribution in [3.63, 3.8) is 0 Å². The monoisotopic (exact) mass is 319 g/mol. The van der Waals surface area contributed by atoms with Crippen molar-refractivity contribution < 1.29 is 28.3 Å². The number of nitro benzene ring substituents is 1. The second-order valence-electron chi connectivity index (χ2n) is 4.65. The number of benzene rings is 2. The summed E-state index contributed by atoms with van der Waals surface area (Å²) in [6.45, 7) is -0.112. The Morgan fingerprint density at radius 1 is 1.26 bits per heavy atom. The number of hydrogen-bond acceptors (Lipinski definition) is 6. The van der Waals surface area contributed by atoms with Gasteiger partial charge >= 0.3 is 11.7 Å². The molecule has 1 heterocycles. The van der Waals surface area contributed by atoms with Gasteiger partial charge in [-0.05, 0) is 18.2 Å². The second-order valence-corrected chi connectivity index (χ2v) is 4.65. The van der Waals surface area contributed by atoms with Crippen LogP contribution in [0.2, 0.25) is 0 Å². The first-order valence-electron chi connectivity index (χ1n) is 6.59. The van der Waals surface area contributed by atoms with Crippen molar-refractivity contribution in [3.8, 4) is 17.2 Å². The Kier molecular flexibility index (Phi) is 3.80. The maximum atomic E-state index is 13.2. The van der Waals surface area contributed by atoms with E-state index >= 15 is 0 Å². The summed E-state index contributed by atoms with van der Waals surface area (Å²) < 4.78 is 28.9. The number of rotatable bonds is 3. The van der Waals surface area contributed by atoms with E-state index in [2.05, 4.69) is 0 Å². The van der Waals surface area contributed by atoms with Crippen molar-refractivity contribution in [2.45, 2.75) is 6.10 Å². The fraction of sp³-hybridized carbons (Fsp3) is 0.133. The Morgan fingerprint density at radius 3 is 2.74 bits per heavy atom. The van der Waals surface area contributed by atoms with E-state index in [4.69, 9.17) is 14.2 Å². The van der Waals surface area contributed by atoms with Gasteiger partial charge in [0, 0.05) is 12.1 Å². The molecular formula is C15H10FNO6. The highest BCUT2D eigenvalue weighted by Gasteiger charge is 2.31. The minimum absolute atomic E-state index is 0.112. The van der Waals surface area contributed by atoms with E-state index in [1.807, 2.05) is 0 Å². The van der Waals surface area contributed by atoms with Gasteiger partial charge in [-0.15, -0.1) is 0 Å². The number of hydrogen-bond donors (Lipinski definition) is 0. The second kappa shape index (κ2) is 5.91. The van der Waals surface area contributed by atoms with Crippen LogP contribution in [0.3, 0.4) is 0 Å². The van der Waals surface area contributed by atoms with E-state index in [9.17, 15) is 19.3 Å². The van der Waals surface area contributed by atoms with Crippen molar-refractivity contribution in [1.82, 2.24) is 0 Å². The molecule has 0 spiro atoms. The first-order chi connectivity index (χ1) is 11.0. The van der Waals surface area contributed by atoms with Crippen LogP contribution in [0.4, 0.5) is 10.1 Å². The van der Waals surface area contributed by atoms with Crippen LogP contribution in [-0.2, 0) is 4.79 Å². The van der Waals surface area contributed by atoms with E-state index in [-0.39, 0.29) is 6.61 Å². The number of carbonyl (C=O) groups excluding carboxylic acids is 1. The molecule has 0 amide bonds. The minimum Gasteiger partial charge on any atom is -0.485 e. The van der Waals surface area contributed by atoms with Gasteiger partial charge in [-0.25, -0.2) is 9.18 Å². The number of para-hydroxylation sites is 2. The van der Waals surface area contributed by atoms with Gasteiger partial charge in [0.15, 0.2) is 11.5 Å². The van der Waals surface area contributed by atoms with Crippen molar-refractivity contribution in [1.29, 1.82) is 0 Å². The number of esters is 1. The maximum absolute atomic E-state index is 13.2. The minimum atomic E-state index is -1.10. The fourth-order valence-electron chi connectivity index (χ4n) is 2.03. The molecule has 0 bridgehead atoms. The molecule has 0 unspecified atom stereocenters. The van der Waals surface area contributed by atoms with Crippen LogP contribution in [0.5, 0.6) is 17.2 Å². The van der Waals surface area contributed by atoms with Crippen molar-refractivity contribution >= 4 is 11.7 Å². The molecule has 0 saturated heterocycles. The summed E-state index contributed by atoms with van der Waals surface area (Å²) in [6, 6.07) is 9.34. The Balaban J connectivity index is 1.78. The Labute approximate surface area is 129 Å². The molecule has 1 atom stereocenters. The SMILES string of the molecule is O=C(Oc1cc(F)ccc1[N+](=O)[O-])[C@@H]1COc2ccccc2O1. The highest BCUT2D eigenvalue weighted by molar-refractivity contribution is 5.79. The summed E-state index contributed by atoms with van der Waals surface area (Å²) in [4.78, 5) is 22.2. The molecule has 0 radical (unpaired) electrons. The highest BCUT2D eigenvalue weighted by atomic mass is 19.1. The van der Waals surface area contributed by atoms with Crippen molar-refractivity contribution in [3.05, 3.63) is 58.4 Å². The summed E-state index contributed by atoms with van der Waals surface area (Å²) in [5.74, 6) is -1.32. The van der Waals surface area contributed by atoms with Gasteiger partial charge in [0.25, 0.3) is 0 Å². The molecule has 0 aliphatic carbocycles. The lowest BCUT2D eigenvalue weighted by Crippen LogP contribution is -2.39. The van der Waals surface area contributed by atoms with E-state index in [1.165, 1.54) is 0 Å². The molecule has 2 aromatic carbocycles. The van der Waals surface area contributed by atoms with Crippen LogP contribution in [0.25, 0.3) is 0 Å². The molecule has 3 rings (SSSR count). The lowest BCUT2D eigenvalue weighted by Gasteiger charge is -2.24. The molecule has 8 heteroatoms. The summed E-state index contributed by atoms with van der Waals surface area (Å²) in [6.07, 6.45) is -1.10. The summed E-state index contributed by atoms with van der Waals surface area (Å²) in [5.41, 5.74) is -0.517. The maximum Gasteiger partial charge on any atom is 0.356 e. The molecule has 23 heavy (non-hydrogen) atoms. The zero-order valence-electron chi connectivity index (χ0n) is 11.6.